The van der Waals surface area contributed by atoms with Crippen LogP contribution in [-0.2, 0) is 9.53 Å². The van der Waals surface area contributed by atoms with Crippen LogP contribution in [0.4, 0.5) is 5.69 Å². The van der Waals surface area contributed by atoms with E-state index in [-0.39, 0.29) is 5.56 Å². The standard InChI is InChI=1S/C20H21NO7/c1-24-15-8-13(9-16(11-15)25-2)20(23)28-12-19(22)21-14-4-5-17-18(10-14)27-7-3-6-26-17/h4-5,8-11H,3,6-7,12H2,1-2H3,(H,21,22). The van der Waals surface area contributed by atoms with Crippen LogP contribution in [0.1, 0.15) is 16.8 Å². The minimum absolute atomic E-state index is 0.222. The molecule has 1 heterocycles. The molecule has 1 aliphatic rings. The number of carbonyl (C=O) groups is 2. The van der Waals surface area contributed by atoms with Gasteiger partial charge in [0.1, 0.15) is 11.5 Å². The van der Waals surface area contributed by atoms with Gasteiger partial charge in [0, 0.05) is 24.2 Å². The molecule has 28 heavy (non-hydrogen) atoms. The van der Waals surface area contributed by atoms with Gasteiger partial charge in [-0.25, -0.2) is 4.79 Å². The highest BCUT2D eigenvalue weighted by atomic mass is 16.5. The molecule has 0 fully saturated rings. The molecule has 1 amide bonds. The maximum atomic E-state index is 12.2. The molecule has 0 aliphatic carbocycles. The molecule has 8 nitrogen and oxygen atoms in total. The van der Waals surface area contributed by atoms with Crippen molar-refractivity contribution in [3.8, 4) is 23.0 Å². The first-order valence-electron chi connectivity index (χ1n) is 8.69. The lowest BCUT2D eigenvalue weighted by Crippen LogP contribution is -2.21. The lowest BCUT2D eigenvalue weighted by Gasteiger charge is -2.11. The molecule has 0 bridgehead atoms. The molecule has 0 atom stereocenters. The van der Waals surface area contributed by atoms with Gasteiger partial charge in [-0.05, 0) is 24.3 Å². The summed E-state index contributed by atoms with van der Waals surface area (Å²) in [6.45, 7) is 0.697. The molecule has 148 valence electrons. The zero-order chi connectivity index (χ0) is 19.9. The number of nitrogens with one attached hydrogen (secondary N) is 1. The number of esters is 1. The van der Waals surface area contributed by atoms with E-state index >= 15 is 0 Å². The molecule has 0 unspecified atom stereocenters. The Morgan fingerprint density at radius 3 is 2.32 bits per heavy atom. The van der Waals surface area contributed by atoms with Crippen molar-refractivity contribution in [2.45, 2.75) is 6.42 Å². The zero-order valence-corrected chi connectivity index (χ0v) is 15.7. The number of ether oxygens (including phenoxy) is 5. The summed E-state index contributed by atoms with van der Waals surface area (Å²) in [6, 6.07) is 9.74. The molecule has 0 saturated heterocycles. The Morgan fingerprint density at radius 1 is 0.964 bits per heavy atom. The monoisotopic (exact) mass is 387 g/mol. The van der Waals surface area contributed by atoms with Gasteiger partial charge in [-0.15, -0.1) is 0 Å². The number of hydrogen-bond acceptors (Lipinski definition) is 7. The largest absolute Gasteiger partial charge is 0.497 e. The van der Waals surface area contributed by atoms with Crippen LogP contribution in [0.25, 0.3) is 0 Å². The fourth-order valence-corrected chi connectivity index (χ4v) is 2.58. The van der Waals surface area contributed by atoms with Crippen molar-refractivity contribution in [2.75, 3.05) is 39.4 Å². The normalized spacial score (nSPS) is 12.5. The number of methoxy groups -OCH3 is 2. The van der Waals surface area contributed by atoms with Gasteiger partial charge < -0.3 is 29.0 Å². The van der Waals surface area contributed by atoms with Gasteiger partial charge in [-0.2, -0.15) is 0 Å². The van der Waals surface area contributed by atoms with Crippen LogP contribution in [0, 0.1) is 0 Å². The molecular weight excluding hydrogens is 366 g/mol. The van der Waals surface area contributed by atoms with Crippen molar-refractivity contribution in [1.29, 1.82) is 0 Å². The summed E-state index contributed by atoms with van der Waals surface area (Å²) in [5.41, 5.74) is 0.743. The van der Waals surface area contributed by atoms with Crippen molar-refractivity contribution in [2.24, 2.45) is 0 Å². The third-order valence-electron chi connectivity index (χ3n) is 3.95. The van der Waals surface area contributed by atoms with E-state index in [1.54, 1.807) is 24.3 Å². The molecule has 3 rings (SSSR count). The number of amides is 1. The number of rotatable bonds is 6. The Balaban J connectivity index is 1.58. The Morgan fingerprint density at radius 2 is 1.64 bits per heavy atom. The summed E-state index contributed by atoms with van der Waals surface area (Å²) >= 11 is 0. The lowest BCUT2D eigenvalue weighted by molar-refractivity contribution is -0.119. The molecule has 1 N–H and O–H groups in total. The topological polar surface area (TPSA) is 92.3 Å². The summed E-state index contributed by atoms with van der Waals surface area (Å²) in [5.74, 6) is 0.958. The van der Waals surface area contributed by atoms with Gasteiger partial charge in [0.2, 0.25) is 0 Å². The van der Waals surface area contributed by atoms with Crippen molar-refractivity contribution < 1.29 is 33.3 Å². The van der Waals surface area contributed by atoms with E-state index in [2.05, 4.69) is 5.32 Å². The molecule has 2 aromatic carbocycles. The Labute approximate surface area is 162 Å². The third kappa shape index (κ3) is 4.85. The summed E-state index contributed by atoms with van der Waals surface area (Å²) in [6.07, 6.45) is 0.793. The second kappa shape index (κ2) is 8.98. The smallest absolute Gasteiger partial charge is 0.338 e. The summed E-state index contributed by atoms with van der Waals surface area (Å²) in [4.78, 5) is 24.3. The Bertz CT molecular complexity index is 843. The van der Waals surface area contributed by atoms with Crippen molar-refractivity contribution in [1.82, 2.24) is 0 Å². The van der Waals surface area contributed by atoms with E-state index in [9.17, 15) is 9.59 Å². The second-order valence-corrected chi connectivity index (χ2v) is 5.94. The Kier molecular flexibility index (Phi) is 6.21. The average molecular weight is 387 g/mol. The quantitative estimate of drug-likeness (QED) is 0.762. The molecule has 0 spiro atoms. The van der Waals surface area contributed by atoms with Crippen molar-refractivity contribution in [3.63, 3.8) is 0 Å². The predicted octanol–water partition coefficient (Wildman–Crippen LogP) is 2.66. The fraction of sp³-hybridized carbons (Fsp3) is 0.300. The highest BCUT2D eigenvalue weighted by molar-refractivity contribution is 5.96. The number of carbonyl (C=O) groups excluding carboxylic acids is 2. The second-order valence-electron chi connectivity index (χ2n) is 5.94. The number of benzene rings is 2. The van der Waals surface area contributed by atoms with E-state index < -0.39 is 18.5 Å². The minimum atomic E-state index is -0.661. The summed E-state index contributed by atoms with van der Waals surface area (Å²) in [7, 11) is 2.96. The Hall–Kier alpha value is -3.42. The first-order valence-corrected chi connectivity index (χ1v) is 8.69. The molecular formula is C20H21NO7. The van der Waals surface area contributed by atoms with Gasteiger partial charge in [-0.1, -0.05) is 0 Å². The van der Waals surface area contributed by atoms with E-state index in [1.165, 1.54) is 26.4 Å². The third-order valence-corrected chi connectivity index (χ3v) is 3.95. The first kappa shape index (κ1) is 19.3. The highest BCUT2D eigenvalue weighted by Gasteiger charge is 2.15. The zero-order valence-electron chi connectivity index (χ0n) is 15.7. The minimum Gasteiger partial charge on any atom is -0.497 e. The van der Waals surface area contributed by atoms with Crippen LogP contribution in [0.5, 0.6) is 23.0 Å². The van der Waals surface area contributed by atoms with E-state index in [4.69, 9.17) is 23.7 Å². The van der Waals surface area contributed by atoms with Crippen molar-refractivity contribution >= 4 is 17.6 Å². The first-order chi connectivity index (χ1) is 13.6. The lowest BCUT2D eigenvalue weighted by atomic mass is 10.2. The van der Waals surface area contributed by atoms with Gasteiger partial charge in [-0.3, -0.25) is 4.79 Å². The molecule has 1 aliphatic heterocycles. The summed E-state index contributed by atoms with van der Waals surface area (Å²) < 4.78 is 26.4. The maximum Gasteiger partial charge on any atom is 0.338 e. The number of anilines is 1. The van der Waals surface area contributed by atoms with E-state index in [0.29, 0.717) is 41.9 Å². The van der Waals surface area contributed by atoms with E-state index in [0.717, 1.165) is 6.42 Å². The van der Waals surface area contributed by atoms with Gasteiger partial charge in [0.05, 0.1) is 33.0 Å². The van der Waals surface area contributed by atoms with Crippen molar-refractivity contribution in [3.05, 3.63) is 42.0 Å². The van der Waals surface area contributed by atoms with Gasteiger partial charge >= 0.3 is 5.97 Å². The molecule has 0 saturated carbocycles. The molecule has 2 aromatic rings. The fourth-order valence-electron chi connectivity index (χ4n) is 2.58. The van der Waals surface area contributed by atoms with Crippen LogP contribution in [0.3, 0.4) is 0 Å². The van der Waals surface area contributed by atoms with Gasteiger partial charge in [0.25, 0.3) is 5.91 Å². The van der Waals surface area contributed by atoms with Crippen LogP contribution < -0.4 is 24.3 Å². The van der Waals surface area contributed by atoms with E-state index in [1.807, 2.05) is 0 Å². The van der Waals surface area contributed by atoms with Crippen LogP contribution in [0.2, 0.25) is 0 Å². The molecule has 0 radical (unpaired) electrons. The van der Waals surface area contributed by atoms with Crippen LogP contribution in [-0.4, -0.2) is 45.9 Å². The highest BCUT2D eigenvalue weighted by Crippen LogP contribution is 2.32. The van der Waals surface area contributed by atoms with Crippen LogP contribution >= 0.6 is 0 Å². The SMILES string of the molecule is COc1cc(OC)cc(C(=O)OCC(=O)Nc2ccc3c(c2)OCCCO3)c1. The summed E-state index contributed by atoms with van der Waals surface area (Å²) in [5, 5.41) is 2.66. The predicted molar refractivity (Wildman–Crippen MR) is 101 cm³/mol. The molecule has 0 aromatic heterocycles. The van der Waals surface area contributed by atoms with Gasteiger partial charge in [0.15, 0.2) is 18.1 Å². The number of fused-ring (bicyclic) bond motifs is 1. The average Bonchev–Trinajstić information content (AvgIpc) is 2.96. The van der Waals surface area contributed by atoms with Crippen LogP contribution in [0.15, 0.2) is 36.4 Å². The number of hydrogen-bond donors (Lipinski definition) is 1. The maximum absolute atomic E-state index is 12.2. The molecule has 8 heteroatoms.